The molecule has 0 bridgehead atoms. The normalized spacial score (nSPS) is 12.6. The summed E-state index contributed by atoms with van der Waals surface area (Å²) < 4.78 is 13.3. The Kier molecular flexibility index (Phi) is 3.63. The van der Waals surface area contributed by atoms with Crippen molar-refractivity contribution in [2.45, 2.75) is 18.2 Å². The Morgan fingerprint density at radius 1 is 1.35 bits per heavy atom. The van der Waals surface area contributed by atoms with Gasteiger partial charge in [-0.3, -0.25) is 0 Å². The SMILES string of the molecule is C=C(c1cccc2ccc(F)cc12)C(Br)CC. The van der Waals surface area contributed by atoms with Crippen LogP contribution in [0.1, 0.15) is 18.9 Å². The topological polar surface area (TPSA) is 0 Å². The molecule has 0 nitrogen and oxygen atoms in total. The Morgan fingerprint density at radius 3 is 2.82 bits per heavy atom. The number of benzene rings is 2. The van der Waals surface area contributed by atoms with Crippen molar-refractivity contribution in [3.63, 3.8) is 0 Å². The summed E-state index contributed by atoms with van der Waals surface area (Å²) in [6.07, 6.45) is 0.963. The fourth-order valence-corrected chi connectivity index (χ4v) is 2.19. The largest absolute Gasteiger partial charge is 0.207 e. The average Bonchev–Trinajstić information content (AvgIpc) is 2.36. The van der Waals surface area contributed by atoms with Gasteiger partial charge in [0.1, 0.15) is 5.82 Å². The molecule has 1 unspecified atom stereocenters. The molecule has 0 saturated carbocycles. The molecule has 0 saturated heterocycles. The predicted octanol–water partition coefficient (Wildman–Crippen LogP) is 5.17. The van der Waals surface area contributed by atoms with E-state index in [0.717, 1.165) is 28.3 Å². The molecule has 2 heteroatoms. The number of hydrogen-bond donors (Lipinski definition) is 0. The molecule has 0 fully saturated rings. The summed E-state index contributed by atoms with van der Waals surface area (Å²) in [6, 6.07) is 10.8. The van der Waals surface area contributed by atoms with Gasteiger partial charge in [-0.05, 0) is 40.5 Å². The van der Waals surface area contributed by atoms with Gasteiger partial charge in [0.2, 0.25) is 0 Å². The van der Waals surface area contributed by atoms with Gasteiger partial charge in [-0.25, -0.2) is 4.39 Å². The van der Waals surface area contributed by atoms with E-state index in [9.17, 15) is 4.39 Å². The highest BCUT2D eigenvalue weighted by molar-refractivity contribution is 9.09. The first-order valence-corrected chi connectivity index (χ1v) is 6.56. The lowest BCUT2D eigenvalue weighted by Crippen LogP contribution is -1.99. The summed E-state index contributed by atoms with van der Waals surface area (Å²) >= 11 is 3.59. The molecular weight excluding hydrogens is 279 g/mol. The quantitative estimate of drug-likeness (QED) is 0.685. The molecular formula is C15H14BrF. The molecule has 17 heavy (non-hydrogen) atoms. The van der Waals surface area contributed by atoms with Crippen LogP contribution in [0, 0.1) is 5.82 Å². The molecule has 0 aromatic heterocycles. The number of hydrogen-bond acceptors (Lipinski definition) is 0. The van der Waals surface area contributed by atoms with Crippen molar-refractivity contribution in [2.75, 3.05) is 0 Å². The van der Waals surface area contributed by atoms with Crippen LogP contribution in [0.5, 0.6) is 0 Å². The van der Waals surface area contributed by atoms with Crippen molar-refractivity contribution in [2.24, 2.45) is 0 Å². The van der Waals surface area contributed by atoms with E-state index in [0.29, 0.717) is 0 Å². The number of rotatable bonds is 3. The molecule has 0 amide bonds. The summed E-state index contributed by atoms with van der Waals surface area (Å²) in [7, 11) is 0. The standard InChI is InChI=1S/C15H14BrF/c1-3-15(16)10(2)13-6-4-5-11-7-8-12(17)9-14(11)13/h4-9,15H,2-3H2,1H3. The second kappa shape index (κ2) is 5.01. The van der Waals surface area contributed by atoms with Crippen LogP contribution in [0.3, 0.4) is 0 Å². The van der Waals surface area contributed by atoms with Gasteiger partial charge in [-0.1, -0.05) is 53.7 Å². The van der Waals surface area contributed by atoms with E-state index >= 15 is 0 Å². The molecule has 0 heterocycles. The molecule has 0 N–H and O–H groups in total. The molecule has 0 aliphatic heterocycles. The number of fused-ring (bicyclic) bond motifs is 1. The lowest BCUT2D eigenvalue weighted by Gasteiger charge is -2.13. The second-order valence-electron chi connectivity index (χ2n) is 4.07. The van der Waals surface area contributed by atoms with E-state index in [2.05, 4.69) is 29.4 Å². The van der Waals surface area contributed by atoms with Gasteiger partial charge in [0.05, 0.1) is 0 Å². The third-order valence-electron chi connectivity index (χ3n) is 2.93. The molecule has 2 aromatic carbocycles. The van der Waals surface area contributed by atoms with E-state index < -0.39 is 0 Å². The van der Waals surface area contributed by atoms with Gasteiger partial charge in [-0.2, -0.15) is 0 Å². The van der Waals surface area contributed by atoms with Crippen LogP contribution in [-0.2, 0) is 0 Å². The van der Waals surface area contributed by atoms with Crippen LogP contribution >= 0.6 is 15.9 Å². The summed E-state index contributed by atoms with van der Waals surface area (Å²) in [4.78, 5) is 0.233. The van der Waals surface area contributed by atoms with E-state index in [-0.39, 0.29) is 10.6 Å². The molecule has 0 spiro atoms. The van der Waals surface area contributed by atoms with E-state index in [1.807, 2.05) is 18.2 Å². The lowest BCUT2D eigenvalue weighted by molar-refractivity contribution is 0.629. The summed E-state index contributed by atoms with van der Waals surface area (Å²) in [5.74, 6) is -0.208. The Balaban J connectivity index is 2.61. The predicted molar refractivity (Wildman–Crippen MR) is 75.9 cm³/mol. The molecule has 88 valence electrons. The second-order valence-corrected chi connectivity index (χ2v) is 5.18. The van der Waals surface area contributed by atoms with Gasteiger partial charge >= 0.3 is 0 Å². The fourth-order valence-electron chi connectivity index (χ4n) is 1.94. The average molecular weight is 293 g/mol. The third-order valence-corrected chi connectivity index (χ3v) is 4.13. The fraction of sp³-hybridized carbons (Fsp3) is 0.200. The zero-order valence-electron chi connectivity index (χ0n) is 9.71. The molecule has 0 aliphatic rings. The smallest absolute Gasteiger partial charge is 0.123 e. The number of allylic oxidation sites excluding steroid dienone is 1. The molecule has 1 atom stereocenters. The van der Waals surface area contributed by atoms with Crippen molar-refractivity contribution in [3.05, 3.63) is 54.4 Å². The van der Waals surface area contributed by atoms with Gasteiger partial charge in [0, 0.05) is 4.83 Å². The Labute approximate surface area is 109 Å². The van der Waals surface area contributed by atoms with Crippen LogP contribution in [0.4, 0.5) is 4.39 Å². The van der Waals surface area contributed by atoms with Crippen LogP contribution < -0.4 is 0 Å². The van der Waals surface area contributed by atoms with E-state index in [1.165, 1.54) is 6.07 Å². The zero-order valence-corrected chi connectivity index (χ0v) is 11.3. The number of halogens is 2. The minimum atomic E-state index is -0.208. The monoisotopic (exact) mass is 292 g/mol. The summed E-state index contributed by atoms with van der Waals surface area (Å²) in [5.41, 5.74) is 2.02. The van der Waals surface area contributed by atoms with Crippen LogP contribution in [0.25, 0.3) is 16.3 Å². The Morgan fingerprint density at radius 2 is 2.12 bits per heavy atom. The van der Waals surface area contributed by atoms with Crippen molar-refractivity contribution >= 4 is 32.3 Å². The van der Waals surface area contributed by atoms with Crippen LogP contribution in [-0.4, -0.2) is 4.83 Å². The maximum Gasteiger partial charge on any atom is 0.123 e. The lowest BCUT2D eigenvalue weighted by atomic mass is 9.96. The third kappa shape index (κ3) is 2.42. The minimum Gasteiger partial charge on any atom is -0.207 e. The van der Waals surface area contributed by atoms with Gasteiger partial charge in [-0.15, -0.1) is 0 Å². The summed E-state index contributed by atoms with van der Waals surface area (Å²) in [5, 5.41) is 1.97. The minimum absolute atomic E-state index is 0.208. The van der Waals surface area contributed by atoms with Crippen molar-refractivity contribution < 1.29 is 4.39 Å². The first-order chi connectivity index (χ1) is 8.13. The summed E-state index contributed by atoms with van der Waals surface area (Å²) in [6.45, 7) is 6.20. The van der Waals surface area contributed by atoms with Crippen molar-refractivity contribution in [1.29, 1.82) is 0 Å². The van der Waals surface area contributed by atoms with Gasteiger partial charge in [0.15, 0.2) is 0 Å². The molecule has 0 radical (unpaired) electrons. The Bertz CT molecular complexity index is 560. The highest BCUT2D eigenvalue weighted by atomic mass is 79.9. The van der Waals surface area contributed by atoms with Crippen molar-refractivity contribution in [3.8, 4) is 0 Å². The maximum atomic E-state index is 13.3. The van der Waals surface area contributed by atoms with Crippen LogP contribution in [0.15, 0.2) is 43.0 Å². The first kappa shape index (κ1) is 12.3. The molecule has 0 aliphatic carbocycles. The highest BCUT2D eigenvalue weighted by Gasteiger charge is 2.11. The van der Waals surface area contributed by atoms with Gasteiger partial charge in [0.25, 0.3) is 0 Å². The first-order valence-electron chi connectivity index (χ1n) is 5.65. The Hall–Kier alpha value is -1.15. The van der Waals surface area contributed by atoms with E-state index in [1.54, 1.807) is 12.1 Å². The number of alkyl halides is 1. The van der Waals surface area contributed by atoms with Crippen molar-refractivity contribution in [1.82, 2.24) is 0 Å². The molecule has 2 rings (SSSR count). The van der Waals surface area contributed by atoms with Crippen LogP contribution in [0.2, 0.25) is 0 Å². The van der Waals surface area contributed by atoms with E-state index in [4.69, 9.17) is 0 Å². The highest BCUT2D eigenvalue weighted by Crippen LogP contribution is 2.30. The zero-order chi connectivity index (χ0) is 12.4. The maximum absolute atomic E-state index is 13.3. The molecule has 2 aromatic rings. The van der Waals surface area contributed by atoms with Gasteiger partial charge < -0.3 is 0 Å².